The van der Waals surface area contributed by atoms with Crippen molar-refractivity contribution in [1.29, 1.82) is 0 Å². The van der Waals surface area contributed by atoms with E-state index in [9.17, 15) is 14.4 Å². The van der Waals surface area contributed by atoms with Crippen molar-refractivity contribution < 1.29 is 23.8 Å². The molecule has 2 aromatic heterocycles. The fourth-order valence-corrected chi connectivity index (χ4v) is 5.15. The lowest BCUT2D eigenvalue weighted by Crippen LogP contribution is -2.24. The van der Waals surface area contributed by atoms with E-state index in [1.54, 1.807) is 42.7 Å². The van der Waals surface area contributed by atoms with E-state index < -0.39 is 24.1 Å². The van der Waals surface area contributed by atoms with Gasteiger partial charge in [-0.15, -0.1) is 11.3 Å². The molecule has 0 spiro atoms. The largest absolute Gasteiger partial charge is 0.479 e. The second-order valence-corrected chi connectivity index (χ2v) is 8.55. The zero-order valence-corrected chi connectivity index (χ0v) is 20.7. The average Bonchev–Trinajstić information content (AvgIpc) is 3.24. The van der Waals surface area contributed by atoms with E-state index in [4.69, 9.17) is 26.4 Å². The fraction of sp³-hybridized carbons (Fsp3) is 0.200. The van der Waals surface area contributed by atoms with Crippen molar-refractivity contribution in [3.8, 4) is 17.1 Å². The van der Waals surface area contributed by atoms with Crippen LogP contribution in [0.15, 0.2) is 65.5 Å². The third kappa shape index (κ3) is 4.75. The third-order valence-electron chi connectivity index (χ3n) is 4.98. The second-order valence-electron chi connectivity index (χ2n) is 7.18. The van der Waals surface area contributed by atoms with Gasteiger partial charge in [-0.3, -0.25) is 13.9 Å². The Bertz CT molecular complexity index is 1490. The molecule has 0 radical (unpaired) electrons. The summed E-state index contributed by atoms with van der Waals surface area (Å²) in [7, 11) is 0. The van der Waals surface area contributed by atoms with Crippen LogP contribution in [0.1, 0.15) is 23.5 Å². The van der Waals surface area contributed by atoms with Gasteiger partial charge in [0.15, 0.2) is 22.0 Å². The maximum absolute atomic E-state index is 13.9. The van der Waals surface area contributed by atoms with Gasteiger partial charge >= 0.3 is 11.9 Å². The number of thiophene rings is 1. The Morgan fingerprint density at radius 2 is 1.46 bits per heavy atom. The van der Waals surface area contributed by atoms with Crippen LogP contribution in [0.2, 0.25) is 0 Å². The number of carbonyl (C=O) groups is 2. The van der Waals surface area contributed by atoms with Gasteiger partial charge in [-0.2, -0.15) is 0 Å². The normalized spacial score (nSPS) is 10.8. The molecule has 0 atom stereocenters. The SMILES string of the molecule is CCOC(=O)COc1c(C(=O)OCC)sc2c1c(=O)n(-c1ccccc1)c(=S)n2-c1ccccc1. The summed E-state index contributed by atoms with van der Waals surface area (Å²) in [6.07, 6.45) is 0. The molecule has 0 aliphatic carbocycles. The summed E-state index contributed by atoms with van der Waals surface area (Å²) in [5.41, 5.74) is 0.768. The molecule has 0 fully saturated rings. The van der Waals surface area contributed by atoms with Crippen LogP contribution in [0, 0.1) is 4.77 Å². The molecule has 10 heteroatoms. The summed E-state index contributed by atoms with van der Waals surface area (Å²) in [6, 6.07) is 18.2. The number of fused-ring (bicyclic) bond motifs is 1. The minimum Gasteiger partial charge on any atom is -0.479 e. The zero-order valence-electron chi connectivity index (χ0n) is 19.1. The molecular formula is C25H22N2O6S2. The lowest BCUT2D eigenvalue weighted by Gasteiger charge is -2.14. The van der Waals surface area contributed by atoms with E-state index in [2.05, 4.69) is 0 Å². The first-order valence-corrected chi connectivity index (χ1v) is 12.1. The van der Waals surface area contributed by atoms with Crippen molar-refractivity contribution in [2.75, 3.05) is 19.8 Å². The van der Waals surface area contributed by atoms with Gasteiger partial charge in [-0.25, -0.2) is 9.59 Å². The van der Waals surface area contributed by atoms with Gasteiger partial charge in [0, 0.05) is 5.69 Å². The molecule has 0 aliphatic rings. The molecule has 4 aromatic rings. The number of nitrogens with zero attached hydrogens (tertiary/aromatic N) is 2. The highest BCUT2D eigenvalue weighted by Crippen LogP contribution is 2.38. The van der Waals surface area contributed by atoms with Gasteiger partial charge in [0.25, 0.3) is 5.56 Å². The van der Waals surface area contributed by atoms with Crippen LogP contribution in [0.4, 0.5) is 0 Å². The summed E-state index contributed by atoms with van der Waals surface area (Å²) >= 11 is 6.80. The van der Waals surface area contributed by atoms with Gasteiger partial charge in [-0.1, -0.05) is 36.4 Å². The molecule has 0 amide bonds. The maximum atomic E-state index is 13.9. The Kier molecular flexibility index (Phi) is 7.42. The molecule has 35 heavy (non-hydrogen) atoms. The van der Waals surface area contributed by atoms with Crippen LogP contribution >= 0.6 is 23.6 Å². The molecule has 8 nitrogen and oxygen atoms in total. The fourth-order valence-electron chi connectivity index (χ4n) is 3.55. The maximum Gasteiger partial charge on any atom is 0.352 e. The second kappa shape index (κ2) is 10.7. The van der Waals surface area contributed by atoms with E-state index in [0.717, 1.165) is 11.3 Å². The predicted octanol–water partition coefficient (Wildman–Crippen LogP) is 4.69. The van der Waals surface area contributed by atoms with E-state index >= 15 is 0 Å². The highest BCUT2D eigenvalue weighted by molar-refractivity contribution is 7.71. The minimum atomic E-state index is -0.663. The Labute approximate surface area is 209 Å². The Balaban J connectivity index is 2.09. The van der Waals surface area contributed by atoms with E-state index in [0.29, 0.717) is 16.2 Å². The number of carbonyl (C=O) groups excluding carboxylic acids is 2. The van der Waals surface area contributed by atoms with Crippen LogP contribution in [-0.4, -0.2) is 40.9 Å². The lowest BCUT2D eigenvalue weighted by atomic mass is 10.2. The molecule has 0 saturated heterocycles. The first kappa shape index (κ1) is 24.4. The molecule has 2 heterocycles. The van der Waals surface area contributed by atoms with Crippen LogP contribution in [0.3, 0.4) is 0 Å². The first-order valence-electron chi connectivity index (χ1n) is 10.9. The molecule has 2 aromatic carbocycles. The summed E-state index contributed by atoms with van der Waals surface area (Å²) < 4.78 is 19.2. The molecule has 4 rings (SSSR count). The number of hydrogen-bond acceptors (Lipinski definition) is 8. The minimum absolute atomic E-state index is 0.0362. The van der Waals surface area contributed by atoms with Crippen molar-refractivity contribution >= 4 is 45.7 Å². The van der Waals surface area contributed by atoms with Crippen molar-refractivity contribution in [2.45, 2.75) is 13.8 Å². The highest BCUT2D eigenvalue weighted by Gasteiger charge is 2.28. The predicted molar refractivity (Wildman–Crippen MR) is 136 cm³/mol. The van der Waals surface area contributed by atoms with Crippen molar-refractivity contribution in [2.24, 2.45) is 0 Å². The van der Waals surface area contributed by atoms with Gasteiger partial charge in [0.05, 0.1) is 18.9 Å². The standard InChI is InChI=1S/C25H22N2O6S2/c1-3-31-18(28)15-33-20-19-22(29)26(16-11-7-5-8-12-16)25(34)27(17-13-9-6-10-14-17)23(19)35-21(20)24(30)32-4-2/h5-14H,3-4,15H2,1-2H3. The van der Waals surface area contributed by atoms with Gasteiger partial charge in [-0.05, 0) is 50.3 Å². The van der Waals surface area contributed by atoms with Gasteiger partial charge < -0.3 is 14.2 Å². The van der Waals surface area contributed by atoms with Crippen LogP contribution in [0.5, 0.6) is 5.75 Å². The van der Waals surface area contributed by atoms with Gasteiger partial charge in [0.1, 0.15) is 10.2 Å². The van der Waals surface area contributed by atoms with Crippen molar-refractivity contribution in [3.63, 3.8) is 0 Å². The Hall–Kier alpha value is -3.76. The van der Waals surface area contributed by atoms with Gasteiger partial charge in [0.2, 0.25) is 0 Å². The molecule has 0 saturated carbocycles. The van der Waals surface area contributed by atoms with E-state index in [-0.39, 0.29) is 34.0 Å². The molecule has 180 valence electrons. The molecule has 0 bridgehead atoms. The average molecular weight is 511 g/mol. The van der Waals surface area contributed by atoms with E-state index in [1.165, 1.54) is 4.57 Å². The summed E-state index contributed by atoms with van der Waals surface area (Å²) in [5.74, 6) is -1.32. The summed E-state index contributed by atoms with van der Waals surface area (Å²) in [4.78, 5) is 39.2. The number of benzene rings is 2. The highest BCUT2D eigenvalue weighted by atomic mass is 32.1. The molecule has 0 N–H and O–H groups in total. The number of hydrogen-bond donors (Lipinski definition) is 0. The zero-order chi connectivity index (χ0) is 24.9. The molecule has 0 unspecified atom stereocenters. The third-order valence-corrected chi connectivity index (χ3v) is 6.48. The molecular weight excluding hydrogens is 488 g/mol. The van der Waals surface area contributed by atoms with E-state index in [1.807, 2.05) is 36.4 Å². The number of rotatable bonds is 8. The number of aromatic nitrogens is 2. The summed E-state index contributed by atoms with van der Waals surface area (Å²) in [5, 5.41) is 0.114. The lowest BCUT2D eigenvalue weighted by molar-refractivity contribution is -0.145. The van der Waals surface area contributed by atoms with Crippen LogP contribution in [-0.2, 0) is 14.3 Å². The quantitative estimate of drug-likeness (QED) is 0.251. The van der Waals surface area contributed by atoms with Crippen molar-refractivity contribution in [3.05, 3.63) is 80.7 Å². The summed E-state index contributed by atoms with van der Waals surface area (Å²) in [6.45, 7) is 3.18. The Morgan fingerprint density at radius 3 is 2.03 bits per heavy atom. The number of esters is 2. The number of para-hydroxylation sites is 2. The van der Waals surface area contributed by atoms with Crippen molar-refractivity contribution in [1.82, 2.24) is 9.13 Å². The first-order chi connectivity index (χ1) is 17.0. The monoisotopic (exact) mass is 510 g/mol. The van der Waals surface area contributed by atoms with Crippen LogP contribution < -0.4 is 10.3 Å². The smallest absolute Gasteiger partial charge is 0.352 e. The number of ether oxygens (including phenoxy) is 3. The molecule has 0 aliphatic heterocycles. The topological polar surface area (TPSA) is 88.8 Å². The van der Waals surface area contributed by atoms with Crippen LogP contribution in [0.25, 0.3) is 21.6 Å². The Morgan fingerprint density at radius 1 is 0.886 bits per heavy atom.